The van der Waals surface area contributed by atoms with E-state index in [2.05, 4.69) is 20.5 Å². The van der Waals surface area contributed by atoms with Gasteiger partial charge in [0.05, 0.1) is 4.90 Å². The largest absolute Gasteiger partial charge is 0.463 e. The highest BCUT2D eigenvalue weighted by Crippen LogP contribution is 2.38. The molecule has 0 fully saturated rings. The lowest BCUT2D eigenvalue weighted by atomic mass is 9.99. The smallest absolute Gasteiger partial charge is 0.441 e. The Labute approximate surface area is 169 Å². The van der Waals surface area contributed by atoms with Crippen molar-refractivity contribution < 1.29 is 18.9 Å². The van der Waals surface area contributed by atoms with Crippen molar-refractivity contribution in [2.24, 2.45) is 4.36 Å². The van der Waals surface area contributed by atoms with E-state index in [9.17, 15) is 13.8 Å². The van der Waals surface area contributed by atoms with E-state index in [0.29, 0.717) is 0 Å². The number of nitrogens with one attached hydrogen (secondary N) is 2. The first-order chi connectivity index (χ1) is 13.9. The normalized spacial score (nSPS) is 16.4. The summed E-state index contributed by atoms with van der Waals surface area (Å²) in [6, 6.07) is 7.97. The molecule has 4 rings (SSSR count). The standard InChI is InChI=1S/C21H23N3O4S/c1-13-8-10-16(11-9-13)29(28,24-21(26)27)23-20(25)22-19-17-6-2-4-14(17)12-15-5-3-7-18(15)19/h8-12H,2-7H2,1H3,(H,26,27)(H2,22,23,24,25,28). The van der Waals surface area contributed by atoms with Gasteiger partial charge in [0.15, 0.2) is 9.92 Å². The Kier molecular flexibility index (Phi) is 5.04. The molecule has 1 atom stereocenters. The summed E-state index contributed by atoms with van der Waals surface area (Å²) < 4.78 is 18.9. The molecule has 29 heavy (non-hydrogen) atoms. The first-order valence-electron chi connectivity index (χ1n) is 9.68. The van der Waals surface area contributed by atoms with Gasteiger partial charge in [0.1, 0.15) is 0 Å². The summed E-state index contributed by atoms with van der Waals surface area (Å²) in [5.74, 6) is 0. The van der Waals surface area contributed by atoms with Gasteiger partial charge in [0.25, 0.3) is 0 Å². The van der Waals surface area contributed by atoms with E-state index in [0.717, 1.165) is 60.9 Å². The molecule has 3 N–H and O–H groups in total. The lowest BCUT2D eigenvalue weighted by Gasteiger charge is -2.17. The van der Waals surface area contributed by atoms with Crippen LogP contribution in [0.1, 0.15) is 40.7 Å². The molecule has 0 saturated carbocycles. The number of anilines is 1. The van der Waals surface area contributed by atoms with Gasteiger partial charge in [-0.05, 0) is 79.8 Å². The van der Waals surface area contributed by atoms with Crippen molar-refractivity contribution in [3.8, 4) is 0 Å². The average molecular weight is 413 g/mol. The minimum Gasteiger partial charge on any atom is -0.463 e. The van der Waals surface area contributed by atoms with Crippen molar-refractivity contribution in [2.45, 2.75) is 50.3 Å². The van der Waals surface area contributed by atoms with E-state index >= 15 is 0 Å². The number of nitrogens with zero attached hydrogens (tertiary/aromatic N) is 1. The summed E-state index contributed by atoms with van der Waals surface area (Å²) in [4.78, 5) is 24.1. The number of carbonyl (C=O) groups is 2. The molecule has 152 valence electrons. The van der Waals surface area contributed by atoms with E-state index in [-0.39, 0.29) is 4.90 Å². The lowest BCUT2D eigenvalue weighted by molar-refractivity contribution is 0.206. The van der Waals surface area contributed by atoms with Gasteiger partial charge in [0, 0.05) is 5.69 Å². The number of urea groups is 1. The Hall–Kier alpha value is -2.87. The van der Waals surface area contributed by atoms with Crippen molar-refractivity contribution >= 4 is 27.7 Å². The van der Waals surface area contributed by atoms with Gasteiger partial charge in [0.2, 0.25) is 0 Å². The van der Waals surface area contributed by atoms with Crippen LogP contribution in [0, 0.1) is 6.92 Å². The van der Waals surface area contributed by atoms with Crippen molar-refractivity contribution in [1.82, 2.24) is 4.72 Å². The first-order valence-corrected chi connectivity index (χ1v) is 11.2. The van der Waals surface area contributed by atoms with E-state index in [4.69, 9.17) is 5.11 Å². The zero-order valence-corrected chi connectivity index (χ0v) is 17.0. The Bertz CT molecular complexity index is 1080. The number of carbonyl (C=O) groups excluding carboxylic acids is 1. The van der Waals surface area contributed by atoms with Crippen LogP contribution in [0.4, 0.5) is 15.3 Å². The van der Waals surface area contributed by atoms with Crippen LogP contribution >= 0.6 is 0 Å². The highest BCUT2D eigenvalue weighted by Gasteiger charge is 2.26. The van der Waals surface area contributed by atoms with Gasteiger partial charge in [-0.15, -0.1) is 4.36 Å². The maximum Gasteiger partial charge on any atom is 0.441 e. The molecule has 0 radical (unpaired) electrons. The lowest BCUT2D eigenvalue weighted by Crippen LogP contribution is -2.35. The molecular weight excluding hydrogens is 390 g/mol. The number of amides is 3. The Morgan fingerprint density at radius 1 is 1.00 bits per heavy atom. The molecule has 1 unspecified atom stereocenters. The van der Waals surface area contributed by atoms with Crippen LogP contribution in [0.15, 0.2) is 39.6 Å². The average Bonchev–Trinajstić information content (AvgIpc) is 3.30. The van der Waals surface area contributed by atoms with Crippen LogP contribution in [-0.2, 0) is 35.6 Å². The second-order valence-electron chi connectivity index (χ2n) is 7.50. The van der Waals surface area contributed by atoms with Gasteiger partial charge >= 0.3 is 12.1 Å². The summed E-state index contributed by atoms with van der Waals surface area (Å²) in [5.41, 5.74) is 6.51. The van der Waals surface area contributed by atoms with Crippen molar-refractivity contribution in [3.63, 3.8) is 0 Å². The molecule has 0 bridgehead atoms. The number of aryl methyl sites for hydroxylation is 3. The fourth-order valence-electron chi connectivity index (χ4n) is 4.20. The second kappa shape index (κ2) is 7.51. The number of rotatable bonds is 3. The summed E-state index contributed by atoms with van der Waals surface area (Å²) in [6.45, 7) is 1.86. The monoisotopic (exact) mass is 413 g/mol. The number of carboxylic acid groups (broad SMARTS) is 1. The Balaban J connectivity index is 1.66. The molecule has 0 aromatic heterocycles. The number of hydrogen-bond acceptors (Lipinski definition) is 3. The molecule has 2 aliphatic rings. The van der Waals surface area contributed by atoms with Crippen molar-refractivity contribution in [3.05, 3.63) is 58.1 Å². The van der Waals surface area contributed by atoms with Crippen LogP contribution in [0.3, 0.4) is 0 Å². The third-order valence-electron chi connectivity index (χ3n) is 5.49. The van der Waals surface area contributed by atoms with Gasteiger partial charge in [-0.1, -0.05) is 23.8 Å². The molecule has 0 heterocycles. The van der Waals surface area contributed by atoms with E-state index in [1.54, 1.807) is 12.1 Å². The predicted octanol–water partition coefficient (Wildman–Crippen LogP) is 4.21. The first kappa shape index (κ1) is 19.4. The fraction of sp³-hybridized carbons (Fsp3) is 0.333. The molecule has 2 aliphatic carbocycles. The number of benzene rings is 2. The Morgan fingerprint density at radius 3 is 2.14 bits per heavy atom. The summed E-state index contributed by atoms with van der Waals surface area (Å²) in [7, 11) is -3.67. The van der Waals surface area contributed by atoms with Crippen LogP contribution in [-0.4, -0.2) is 21.4 Å². The molecular formula is C21H23N3O4S. The second-order valence-corrected chi connectivity index (χ2v) is 9.41. The molecule has 0 saturated heterocycles. The van der Waals surface area contributed by atoms with Gasteiger partial charge < -0.3 is 10.4 Å². The van der Waals surface area contributed by atoms with Gasteiger partial charge in [-0.2, -0.15) is 0 Å². The third kappa shape index (κ3) is 3.85. The summed E-state index contributed by atoms with van der Waals surface area (Å²) >= 11 is 0. The number of fused-ring (bicyclic) bond motifs is 2. The van der Waals surface area contributed by atoms with Crippen LogP contribution in [0.25, 0.3) is 0 Å². The minimum absolute atomic E-state index is 0.143. The summed E-state index contributed by atoms with van der Waals surface area (Å²) in [5, 5.41) is 12.0. The number of hydrogen-bond donors (Lipinski definition) is 3. The zero-order chi connectivity index (χ0) is 20.6. The molecule has 2 aromatic rings. The van der Waals surface area contributed by atoms with Crippen LogP contribution in [0.2, 0.25) is 0 Å². The van der Waals surface area contributed by atoms with Crippen molar-refractivity contribution in [2.75, 3.05) is 5.32 Å². The predicted molar refractivity (Wildman–Crippen MR) is 111 cm³/mol. The van der Waals surface area contributed by atoms with E-state index < -0.39 is 22.0 Å². The van der Waals surface area contributed by atoms with Gasteiger partial charge in [-0.25, -0.2) is 18.5 Å². The third-order valence-corrected chi connectivity index (χ3v) is 7.28. The maximum absolute atomic E-state index is 13.3. The SMILES string of the molecule is Cc1ccc(S(=O)(=NC(=O)O)NC(=O)Nc2c3c(cc4c2CCC4)CCC3)cc1. The molecule has 3 amide bonds. The topological polar surface area (TPSA) is 108 Å². The van der Waals surface area contributed by atoms with Crippen LogP contribution < -0.4 is 10.0 Å². The molecule has 8 heteroatoms. The quantitative estimate of drug-likeness (QED) is 0.700. The highest BCUT2D eigenvalue weighted by molar-refractivity contribution is 7.92. The van der Waals surface area contributed by atoms with Gasteiger partial charge in [-0.3, -0.25) is 0 Å². The van der Waals surface area contributed by atoms with Crippen molar-refractivity contribution in [1.29, 1.82) is 0 Å². The fourth-order valence-corrected chi connectivity index (χ4v) is 5.50. The summed E-state index contributed by atoms with van der Waals surface area (Å²) in [6.07, 6.45) is 4.26. The minimum atomic E-state index is -3.67. The molecule has 7 nitrogen and oxygen atoms in total. The molecule has 2 aromatic carbocycles. The zero-order valence-electron chi connectivity index (χ0n) is 16.2. The molecule has 0 aliphatic heterocycles. The molecule has 0 spiro atoms. The van der Waals surface area contributed by atoms with E-state index in [1.165, 1.54) is 23.3 Å². The van der Waals surface area contributed by atoms with E-state index in [1.807, 2.05) is 6.92 Å². The Morgan fingerprint density at radius 2 is 1.59 bits per heavy atom. The maximum atomic E-state index is 13.3. The highest BCUT2D eigenvalue weighted by atomic mass is 32.2. The van der Waals surface area contributed by atoms with Crippen LogP contribution in [0.5, 0.6) is 0 Å².